The summed E-state index contributed by atoms with van der Waals surface area (Å²) in [6.45, 7) is 3.16. The lowest BCUT2D eigenvalue weighted by molar-refractivity contribution is 0.231. The second-order valence-corrected chi connectivity index (χ2v) is 7.80. The summed E-state index contributed by atoms with van der Waals surface area (Å²) >= 11 is 1.22. The quantitative estimate of drug-likeness (QED) is 0.675. The zero-order chi connectivity index (χ0) is 19.1. The van der Waals surface area contributed by atoms with Crippen LogP contribution in [-0.4, -0.2) is 37.7 Å². The monoisotopic (exact) mass is 396 g/mol. The normalized spacial score (nSPS) is 17.3. The molecule has 1 atom stereocenters. The predicted octanol–water partition coefficient (Wildman–Crippen LogP) is 4.19. The third-order valence-corrected chi connectivity index (χ3v) is 5.95. The maximum absolute atomic E-state index is 13.9. The van der Waals surface area contributed by atoms with E-state index in [0.29, 0.717) is 15.7 Å². The molecule has 1 saturated heterocycles. The molecule has 0 amide bonds. The highest BCUT2D eigenvalue weighted by atomic mass is 32.1. The standard InChI is InChI=1S/C18H19F3N4OS/c1-10-22-18-25(23-10)17(26)16(27-18)15(24-6-4-2-3-5-7-24)11-8-12(19)14(21)13(20)9-11/h8-9,15,26H,2-7H2,1H3/t15-/m1/s1. The molecule has 2 aromatic heterocycles. The molecule has 0 saturated carbocycles. The van der Waals surface area contributed by atoms with E-state index in [0.717, 1.165) is 50.9 Å². The van der Waals surface area contributed by atoms with Crippen LogP contribution in [0.1, 0.15) is 48.0 Å². The molecule has 0 aliphatic carbocycles. The van der Waals surface area contributed by atoms with E-state index >= 15 is 0 Å². The number of aromatic hydroxyl groups is 1. The summed E-state index contributed by atoms with van der Waals surface area (Å²) in [5, 5.41) is 14.9. The molecule has 144 valence electrons. The SMILES string of the molecule is Cc1nc2sc([C@@H](c3cc(F)c(F)c(F)c3)N3CCCCCC3)c(O)n2n1. The van der Waals surface area contributed by atoms with Crippen LogP contribution in [0, 0.1) is 24.4 Å². The third kappa shape index (κ3) is 3.29. The Labute approximate surface area is 158 Å². The van der Waals surface area contributed by atoms with Gasteiger partial charge in [0.25, 0.3) is 0 Å². The Kier molecular flexibility index (Phi) is 4.81. The van der Waals surface area contributed by atoms with Crippen LogP contribution in [-0.2, 0) is 0 Å². The van der Waals surface area contributed by atoms with Crippen LogP contribution in [0.15, 0.2) is 12.1 Å². The lowest BCUT2D eigenvalue weighted by atomic mass is 10.0. The molecule has 3 aromatic rings. The number of thiazole rings is 1. The number of aryl methyl sites for hydroxylation is 1. The van der Waals surface area contributed by atoms with Crippen molar-refractivity contribution in [2.75, 3.05) is 13.1 Å². The van der Waals surface area contributed by atoms with Gasteiger partial charge in [-0.1, -0.05) is 24.2 Å². The third-order valence-electron chi connectivity index (χ3n) is 4.88. The topological polar surface area (TPSA) is 53.7 Å². The van der Waals surface area contributed by atoms with Crippen molar-refractivity contribution < 1.29 is 18.3 Å². The van der Waals surface area contributed by atoms with Crippen molar-refractivity contribution in [2.24, 2.45) is 0 Å². The zero-order valence-corrected chi connectivity index (χ0v) is 15.6. The van der Waals surface area contributed by atoms with E-state index in [-0.39, 0.29) is 11.4 Å². The zero-order valence-electron chi connectivity index (χ0n) is 14.8. The second kappa shape index (κ2) is 7.12. The smallest absolute Gasteiger partial charge is 0.230 e. The first-order chi connectivity index (χ1) is 13.0. The van der Waals surface area contributed by atoms with E-state index in [1.807, 2.05) is 0 Å². The first kappa shape index (κ1) is 18.2. The van der Waals surface area contributed by atoms with Crippen molar-refractivity contribution in [3.63, 3.8) is 0 Å². The average Bonchev–Trinajstić information content (AvgIpc) is 2.99. The van der Waals surface area contributed by atoms with E-state index in [1.54, 1.807) is 6.92 Å². The molecular formula is C18H19F3N4OS. The van der Waals surface area contributed by atoms with Crippen LogP contribution < -0.4 is 0 Å². The highest BCUT2D eigenvalue weighted by molar-refractivity contribution is 7.17. The van der Waals surface area contributed by atoms with E-state index in [4.69, 9.17) is 0 Å². The molecule has 0 bridgehead atoms. The molecule has 0 spiro atoms. The Morgan fingerprint density at radius 1 is 1.07 bits per heavy atom. The summed E-state index contributed by atoms with van der Waals surface area (Å²) in [5.74, 6) is -3.54. The van der Waals surface area contributed by atoms with Gasteiger partial charge in [-0.05, 0) is 50.6 Å². The number of aromatic nitrogens is 3. The van der Waals surface area contributed by atoms with Gasteiger partial charge >= 0.3 is 0 Å². The fraction of sp³-hybridized carbons (Fsp3) is 0.444. The molecule has 1 aliphatic rings. The number of fused-ring (bicyclic) bond motifs is 1. The number of benzene rings is 1. The first-order valence-corrected chi connectivity index (χ1v) is 9.71. The lowest BCUT2D eigenvalue weighted by Crippen LogP contribution is -2.30. The number of hydrogen-bond donors (Lipinski definition) is 1. The highest BCUT2D eigenvalue weighted by Crippen LogP contribution is 2.41. The number of halogens is 3. The summed E-state index contributed by atoms with van der Waals surface area (Å²) in [6, 6.07) is 1.42. The predicted molar refractivity (Wildman–Crippen MR) is 95.5 cm³/mol. The molecule has 0 unspecified atom stereocenters. The van der Waals surface area contributed by atoms with E-state index in [1.165, 1.54) is 15.9 Å². The molecular weight excluding hydrogens is 377 g/mol. The molecule has 0 radical (unpaired) electrons. The van der Waals surface area contributed by atoms with Crippen LogP contribution in [0.4, 0.5) is 13.2 Å². The number of nitrogens with zero attached hydrogens (tertiary/aromatic N) is 4. The maximum Gasteiger partial charge on any atom is 0.230 e. The van der Waals surface area contributed by atoms with E-state index in [9.17, 15) is 18.3 Å². The minimum atomic E-state index is -1.49. The van der Waals surface area contributed by atoms with Crippen molar-refractivity contribution in [1.82, 2.24) is 19.5 Å². The lowest BCUT2D eigenvalue weighted by Gasteiger charge is -2.30. The largest absolute Gasteiger partial charge is 0.492 e. The van der Waals surface area contributed by atoms with Crippen molar-refractivity contribution in [2.45, 2.75) is 38.6 Å². The Bertz CT molecular complexity index is 956. The van der Waals surface area contributed by atoms with Crippen LogP contribution in [0.3, 0.4) is 0 Å². The summed E-state index contributed by atoms with van der Waals surface area (Å²) in [4.78, 5) is 7.35. The van der Waals surface area contributed by atoms with E-state index < -0.39 is 23.5 Å². The maximum atomic E-state index is 13.9. The van der Waals surface area contributed by atoms with Crippen LogP contribution in [0.2, 0.25) is 0 Å². The van der Waals surface area contributed by atoms with Gasteiger partial charge in [0.2, 0.25) is 10.8 Å². The molecule has 1 aromatic carbocycles. The van der Waals surface area contributed by atoms with Gasteiger partial charge in [-0.15, -0.1) is 5.10 Å². The molecule has 1 N–H and O–H groups in total. The number of hydrogen-bond acceptors (Lipinski definition) is 5. The van der Waals surface area contributed by atoms with E-state index in [2.05, 4.69) is 15.0 Å². The molecule has 1 fully saturated rings. The molecule has 9 heteroatoms. The van der Waals surface area contributed by atoms with Gasteiger partial charge in [0.05, 0.1) is 10.9 Å². The molecule has 1 aliphatic heterocycles. The van der Waals surface area contributed by atoms with Gasteiger partial charge in [0, 0.05) is 0 Å². The van der Waals surface area contributed by atoms with Gasteiger partial charge in [-0.2, -0.15) is 4.52 Å². The Hall–Kier alpha value is -2.13. The summed E-state index contributed by atoms with van der Waals surface area (Å²) in [7, 11) is 0. The van der Waals surface area contributed by atoms with Gasteiger partial charge in [0.1, 0.15) is 5.82 Å². The number of likely N-dealkylation sites (tertiary alicyclic amines) is 1. The summed E-state index contributed by atoms with van der Waals surface area (Å²) in [6.07, 6.45) is 4.05. The highest BCUT2D eigenvalue weighted by Gasteiger charge is 2.31. The minimum absolute atomic E-state index is 0.102. The van der Waals surface area contributed by atoms with Crippen molar-refractivity contribution in [3.05, 3.63) is 45.8 Å². The van der Waals surface area contributed by atoms with Crippen molar-refractivity contribution >= 4 is 16.3 Å². The number of rotatable bonds is 3. The van der Waals surface area contributed by atoms with Crippen LogP contribution in [0.5, 0.6) is 5.88 Å². The summed E-state index contributed by atoms with van der Waals surface area (Å²) in [5.41, 5.74) is 0.268. The Morgan fingerprint density at radius 3 is 2.30 bits per heavy atom. The second-order valence-electron chi connectivity index (χ2n) is 6.79. The van der Waals surface area contributed by atoms with Gasteiger partial charge in [-0.3, -0.25) is 4.90 Å². The van der Waals surface area contributed by atoms with Gasteiger partial charge in [-0.25, -0.2) is 18.2 Å². The molecule has 4 rings (SSSR count). The van der Waals surface area contributed by atoms with Crippen LogP contribution >= 0.6 is 11.3 Å². The average molecular weight is 396 g/mol. The first-order valence-electron chi connectivity index (χ1n) is 8.89. The van der Waals surface area contributed by atoms with Gasteiger partial charge in [0.15, 0.2) is 17.5 Å². The van der Waals surface area contributed by atoms with Crippen molar-refractivity contribution in [3.8, 4) is 5.88 Å². The molecule has 27 heavy (non-hydrogen) atoms. The van der Waals surface area contributed by atoms with Crippen LogP contribution in [0.25, 0.3) is 4.96 Å². The van der Waals surface area contributed by atoms with Crippen molar-refractivity contribution in [1.29, 1.82) is 0 Å². The Balaban J connectivity index is 1.86. The molecule has 3 heterocycles. The van der Waals surface area contributed by atoms with Gasteiger partial charge < -0.3 is 5.11 Å². The minimum Gasteiger partial charge on any atom is -0.492 e. The summed E-state index contributed by atoms with van der Waals surface area (Å²) < 4.78 is 42.7. The molecule has 5 nitrogen and oxygen atoms in total. The Morgan fingerprint density at radius 2 is 1.70 bits per heavy atom. The fourth-order valence-corrected chi connectivity index (χ4v) is 4.80. The fourth-order valence-electron chi connectivity index (χ4n) is 3.64.